The first kappa shape index (κ1) is 11.9. The molecule has 76 valence electrons. The SMILES string of the molecule is CCC1=C(Br)C(=O)C(CC)=C(Br)C1=O. The van der Waals surface area contributed by atoms with Crippen molar-refractivity contribution < 1.29 is 9.59 Å². The third-order valence-corrected chi connectivity index (χ3v) is 3.86. The van der Waals surface area contributed by atoms with E-state index in [1.807, 2.05) is 13.8 Å². The van der Waals surface area contributed by atoms with Crippen LogP contribution in [0.4, 0.5) is 0 Å². The molecule has 0 aromatic carbocycles. The molecule has 0 heterocycles. The van der Waals surface area contributed by atoms with Crippen LogP contribution in [0.5, 0.6) is 0 Å². The molecule has 0 unspecified atom stereocenters. The molecule has 1 aliphatic carbocycles. The first-order chi connectivity index (χ1) is 6.54. The summed E-state index contributed by atoms with van der Waals surface area (Å²) in [6.45, 7) is 3.72. The Bertz CT molecular complexity index is 328. The number of allylic oxidation sites excluding steroid dienone is 4. The number of carbonyl (C=O) groups excluding carboxylic acids is 2. The second kappa shape index (κ2) is 4.53. The second-order valence-electron chi connectivity index (χ2n) is 2.95. The van der Waals surface area contributed by atoms with Crippen molar-refractivity contribution in [1.29, 1.82) is 0 Å². The molecule has 1 aliphatic rings. The predicted octanol–water partition coefficient (Wildman–Crippen LogP) is 3.26. The van der Waals surface area contributed by atoms with Crippen LogP contribution in [0.3, 0.4) is 0 Å². The molecule has 0 N–H and O–H groups in total. The Labute approximate surface area is 99.7 Å². The van der Waals surface area contributed by atoms with Crippen LogP contribution in [-0.4, -0.2) is 11.6 Å². The van der Waals surface area contributed by atoms with Gasteiger partial charge in [0.2, 0.25) is 0 Å². The number of ketones is 2. The van der Waals surface area contributed by atoms with Gasteiger partial charge in [-0.15, -0.1) is 0 Å². The van der Waals surface area contributed by atoms with Gasteiger partial charge in [0.1, 0.15) is 0 Å². The van der Waals surface area contributed by atoms with E-state index in [1.54, 1.807) is 0 Å². The van der Waals surface area contributed by atoms with Crippen LogP contribution < -0.4 is 0 Å². The maximum Gasteiger partial charge on any atom is 0.197 e. The van der Waals surface area contributed by atoms with E-state index < -0.39 is 0 Å². The van der Waals surface area contributed by atoms with E-state index in [4.69, 9.17) is 0 Å². The third kappa shape index (κ3) is 1.77. The van der Waals surface area contributed by atoms with Crippen molar-refractivity contribution in [3.8, 4) is 0 Å². The normalized spacial score (nSPS) is 18.3. The van der Waals surface area contributed by atoms with Gasteiger partial charge >= 0.3 is 0 Å². The molecular weight excluding hydrogens is 312 g/mol. The van der Waals surface area contributed by atoms with Crippen LogP contribution in [0.15, 0.2) is 20.1 Å². The minimum Gasteiger partial charge on any atom is -0.288 e. The number of hydrogen-bond donors (Lipinski definition) is 0. The van der Waals surface area contributed by atoms with E-state index in [0.29, 0.717) is 33.0 Å². The van der Waals surface area contributed by atoms with Gasteiger partial charge in [-0.3, -0.25) is 9.59 Å². The lowest BCUT2D eigenvalue weighted by molar-refractivity contribution is -0.115. The highest BCUT2D eigenvalue weighted by Gasteiger charge is 2.29. The van der Waals surface area contributed by atoms with Gasteiger partial charge in [-0.25, -0.2) is 0 Å². The van der Waals surface area contributed by atoms with Gasteiger partial charge in [0.15, 0.2) is 11.6 Å². The van der Waals surface area contributed by atoms with E-state index in [0.717, 1.165) is 0 Å². The molecule has 0 radical (unpaired) electrons. The third-order valence-electron chi connectivity index (χ3n) is 2.18. The van der Waals surface area contributed by atoms with Crippen LogP contribution in [0.25, 0.3) is 0 Å². The van der Waals surface area contributed by atoms with Crippen LogP contribution in [-0.2, 0) is 9.59 Å². The fraction of sp³-hybridized carbons (Fsp3) is 0.400. The molecule has 0 atom stereocenters. The van der Waals surface area contributed by atoms with E-state index in [-0.39, 0.29) is 11.6 Å². The van der Waals surface area contributed by atoms with Crippen molar-refractivity contribution >= 4 is 43.4 Å². The van der Waals surface area contributed by atoms with Gasteiger partial charge in [0.25, 0.3) is 0 Å². The Hall–Kier alpha value is -0.220. The van der Waals surface area contributed by atoms with Crippen molar-refractivity contribution in [2.24, 2.45) is 0 Å². The first-order valence-corrected chi connectivity index (χ1v) is 5.99. The lowest BCUT2D eigenvalue weighted by atomic mass is 9.94. The Kier molecular flexibility index (Phi) is 3.84. The van der Waals surface area contributed by atoms with E-state index in [1.165, 1.54) is 0 Å². The summed E-state index contributed by atoms with van der Waals surface area (Å²) in [5.41, 5.74) is 1.11. The summed E-state index contributed by atoms with van der Waals surface area (Å²) in [5.74, 6) is -0.147. The van der Waals surface area contributed by atoms with Gasteiger partial charge in [-0.1, -0.05) is 13.8 Å². The number of rotatable bonds is 2. The van der Waals surface area contributed by atoms with E-state index in [2.05, 4.69) is 31.9 Å². The minimum atomic E-state index is -0.0733. The zero-order chi connectivity index (χ0) is 10.9. The largest absolute Gasteiger partial charge is 0.288 e. The quantitative estimate of drug-likeness (QED) is 0.732. The molecule has 4 heteroatoms. The summed E-state index contributed by atoms with van der Waals surface area (Å²) in [5, 5.41) is 0. The fourth-order valence-electron chi connectivity index (χ4n) is 1.37. The van der Waals surface area contributed by atoms with Gasteiger partial charge < -0.3 is 0 Å². The number of Topliss-reactive ketones (excluding diaryl/α,β-unsaturated/α-hetero) is 2. The molecule has 0 spiro atoms. The molecule has 0 saturated carbocycles. The van der Waals surface area contributed by atoms with Crippen LogP contribution >= 0.6 is 31.9 Å². The lowest BCUT2D eigenvalue weighted by Crippen LogP contribution is -2.19. The highest BCUT2D eigenvalue weighted by molar-refractivity contribution is 9.12. The lowest BCUT2D eigenvalue weighted by Gasteiger charge is -2.16. The minimum absolute atomic E-state index is 0.0733. The van der Waals surface area contributed by atoms with Crippen LogP contribution in [0.1, 0.15) is 26.7 Å². The highest BCUT2D eigenvalue weighted by Crippen LogP contribution is 2.33. The zero-order valence-corrected chi connectivity index (χ0v) is 11.2. The van der Waals surface area contributed by atoms with Crippen LogP contribution in [0, 0.1) is 0 Å². The number of hydrogen-bond acceptors (Lipinski definition) is 2. The molecule has 0 fully saturated rings. The molecule has 0 aromatic rings. The molecule has 0 amide bonds. The molecule has 2 nitrogen and oxygen atoms in total. The Balaban J connectivity index is 3.28. The Morgan fingerprint density at radius 3 is 1.36 bits per heavy atom. The molecule has 0 aliphatic heterocycles. The van der Waals surface area contributed by atoms with E-state index >= 15 is 0 Å². The maximum atomic E-state index is 11.7. The van der Waals surface area contributed by atoms with Crippen molar-refractivity contribution in [2.75, 3.05) is 0 Å². The Morgan fingerprint density at radius 1 is 0.857 bits per heavy atom. The summed E-state index contributed by atoms with van der Waals surface area (Å²) >= 11 is 6.37. The smallest absolute Gasteiger partial charge is 0.197 e. The average molecular weight is 322 g/mol. The van der Waals surface area contributed by atoms with Gasteiger partial charge in [-0.2, -0.15) is 0 Å². The Morgan fingerprint density at radius 2 is 1.14 bits per heavy atom. The van der Waals surface area contributed by atoms with Crippen molar-refractivity contribution in [3.63, 3.8) is 0 Å². The van der Waals surface area contributed by atoms with Crippen molar-refractivity contribution in [1.82, 2.24) is 0 Å². The standard InChI is InChI=1S/C10H10Br2O2/c1-3-5-7(11)10(14)6(4-2)8(12)9(5)13/h3-4H2,1-2H3. The second-order valence-corrected chi connectivity index (χ2v) is 4.54. The van der Waals surface area contributed by atoms with Crippen LogP contribution in [0.2, 0.25) is 0 Å². The maximum absolute atomic E-state index is 11.7. The predicted molar refractivity (Wildman–Crippen MR) is 62.5 cm³/mol. The topological polar surface area (TPSA) is 34.1 Å². The highest BCUT2D eigenvalue weighted by atomic mass is 79.9. The van der Waals surface area contributed by atoms with Gasteiger partial charge in [0.05, 0.1) is 8.96 Å². The summed E-state index contributed by atoms with van der Waals surface area (Å²) < 4.78 is 0.843. The summed E-state index contributed by atoms with van der Waals surface area (Å²) in [7, 11) is 0. The molecule has 0 saturated heterocycles. The summed E-state index contributed by atoms with van der Waals surface area (Å²) in [4.78, 5) is 23.5. The molecular formula is C10H10Br2O2. The average Bonchev–Trinajstić information content (AvgIpc) is 2.17. The van der Waals surface area contributed by atoms with Crippen molar-refractivity contribution in [3.05, 3.63) is 20.1 Å². The monoisotopic (exact) mass is 320 g/mol. The first-order valence-electron chi connectivity index (χ1n) is 4.41. The molecule has 1 rings (SSSR count). The molecule has 0 bridgehead atoms. The molecule has 14 heavy (non-hydrogen) atoms. The summed E-state index contributed by atoms with van der Waals surface area (Å²) in [6, 6.07) is 0. The number of carbonyl (C=O) groups is 2. The van der Waals surface area contributed by atoms with Crippen molar-refractivity contribution in [2.45, 2.75) is 26.7 Å². The van der Waals surface area contributed by atoms with Gasteiger partial charge in [0, 0.05) is 11.1 Å². The molecule has 0 aromatic heterocycles. The number of halogens is 2. The summed E-state index contributed by atoms with van der Waals surface area (Å²) in [6.07, 6.45) is 1.13. The zero-order valence-electron chi connectivity index (χ0n) is 7.99. The fourth-order valence-corrected chi connectivity index (χ4v) is 2.77. The van der Waals surface area contributed by atoms with E-state index in [9.17, 15) is 9.59 Å². The van der Waals surface area contributed by atoms with Gasteiger partial charge in [-0.05, 0) is 44.7 Å².